The van der Waals surface area contributed by atoms with Crippen molar-refractivity contribution in [3.8, 4) is 0 Å². The highest BCUT2D eigenvalue weighted by Gasteiger charge is 2.24. The van der Waals surface area contributed by atoms with Crippen LogP contribution in [0.4, 0.5) is 5.69 Å². The van der Waals surface area contributed by atoms with Gasteiger partial charge in [-0.05, 0) is 19.3 Å². The normalized spacial score (nSPS) is 21.1. The Kier molecular flexibility index (Phi) is 3.46. The number of hydrogen-bond acceptors (Lipinski definition) is 4. The molecule has 1 saturated heterocycles. The number of rotatable bonds is 2. The lowest BCUT2D eigenvalue weighted by Crippen LogP contribution is -2.44. The molecule has 0 saturated carbocycles. The maximum absolute atomic E-state index is 11.4. The van der Waals surface area contributed by atoms with E-state index in [4.69, 9.17) is 17.3 Å². The third-order valence-corrected chi connectivity index (χ3v) is 3.35. The second-order valence-corrected chi connectivity index (χ2v) is 4.36. The molecule has 3 N–H and O–H groups in total. The molecule has 0 amide bonds. The van der Waals surface area contributed by atoms with E-state index < -0.39 is 0 Å². The number of H-pyrrole nitrogens is 1. The molecule has 1 atom stereocenters. The van der Waals surface area contributed by atoms with E-state index in [9.17, 15) is 4.79 Å². The molecule has 5 nitrogen and oxygen atoms in total. The average Bonchev–Trinajstić information content (AvgIpc) is 2.33. The Labute approximate surface area is 98.6 Å². The van der Waals surface area contributed by atoms with Crippen molar-refractivity contribution in [1.82, 2.24) is 10.2 Å². The van der Waals surface area contributed by atoms with Gasteiger partial charge in [-0.3, -0.25) is 4.79 Å². The van der Waals surface area contributed by atoms with Gasteiger partial charge in [0.2, 0.25) is 0 Å². The smallest absolute Gasteiger partial charge is 0.285 e. The van der Waals surface area contributed by atoms with Crippen LogP contribution in [0.25, 0.3) is 0 Å². The quantitative estimate of drug-likeness (QED) is 0.802. The second-order valence-electron chi connectivity index (χ2n) is 3.98. The topological polar surface area (TPSA) is 75.0 Å². The van der Waals surface area contributed by atoms with Crippen LogP contribution in [0.5, 0.6) is 0 Å². The minimum absolute atomic E-state index is 0.204. The fourth-order valence-corrected chi connectivity index (χ4v) is 2.34. The molecule has 88 valence electrons. The Hall–Kier alpha value is -1.07. The van der Waals surface area contributed by atoms with Gasteiger partial charge in [-0.1, -0.05) is 11.6 Å². The van der Waals surface area contributed by atoms with Crippen molar-refractivity contribution < 1.29 is 0 Å². The van der Waals surface area contributed by atoms with Gasteiger partial charge in [-0.25, -0.2) is 5.10 Å². The first-order valence-electron chi connectivity index (χ1n) is 5.44. The number of aromatic nitrogens is 2. The lowest BCUT2D eigenvalue weighted by Gasteiger charge is -2.36. The van der Waals surface area contributed by atoms with Crippen LogP contribution < -0.4 is 16.2 Å². The zero-order valence-corrected chi connectivity index (χ0v) is 9.70. The lowest BCUT2D eigenvalue weighted by molar-refractivity contribution is 0.464. The highest BCUT2D eigenvalue weighted by Crippen LogP contribution is 2.27. The average molecular weight is 243 g/mol. The molecule has 1 aromatic rings. The fraction of sp³-hybridized carbons (Fsp3) is 0.600. The van der Waals surface area contributed by atoms with Crippen LogP contribution in [0.3, 0.4) is 0 Å². The number of aromatic amines is 1. The summed E-state index contributed by atoms with van der Waals surface area (Å²) in [6.07, 6.45) is 4.91. The van der Waals surface area contributed by atoms with E-state index in [1.807, 2.05) is 0 Å². The van der Waals surface area contributed by atoms with Gasteiger partial charge in [-0.2, -0.15) is 5.10 Å². The predicted octanol–water partition coefficient (Wildman–Crippen LogP) is 0.741. The maximum Gasteiger partial charge on any atom is 0.285 e. The molecule has 1 fully saturated rings. The predicted molar refractivity (Wildman–Crippen MR) is 63.9 cm³/mol. The summed E-state index contributed by atoms with van der Waals surface area (Å²) >= 11 is 5.98. The van der Waals surface area contributed by atoms with Crippen LogP contribution in [0.2, 0.25) is 5.02 Å². The third-order valence-electron chi connectivity index (χ3n) is 2.99. The Bertz CT molecular complexity index is 420. The Morgan fingerprint density at radius 3 is 3.19 bits per heavy atom. The summed E-state index contributed by atoms with van der Waals surface area (Å²) in [5, 5.41) is 6.31. The van der Waals surface area contributed by atoms with Crippen molar-refractivity contribution in [2.24, 2.45) is 5.73 Å². The van der Waals surface area contributed by atoms with Crippen LogP contribution in [-0.4, -0.2) is 29.3 Å². The number of hydrogen-bond donors (Lipinski definition) is 2. The molecule has 0 radical (unpaired) electrons. The zero-order valence-electron chi connectivity index (χ0n) is 8.95. The number of nitrogens with two attached hydrogens (primary N) is 1. The minimum Gasteiger partial charge on any atom is -0.365 e. The van der Waals surface area contributed by atoms with Gasteiger partial charge in [0.15, 0.2) is 0 Å². The van der Waals surface area contributed by atoms with Gasteiger partial charge < -0.3 is 10.6 Å². The number of nitrogens with zero attached hydrogens (tertiary/aromatic N) is 2. The van der Waals surface area contributed by atoms with Crippen LogP contribution in [0, 0.1) is 0 Å². The van der Waals surface area contributed by atoms with Crippen LogP contribution in [0.1, 0.15) is 19.3 Å². The van der Waals surface area contributed by atoms with E-state index in [1.165, 1.54) is 6.42 Å². The number of halogens is 1. The molecule has 16 heavy (non-hydrogen) atoms. The molecular formula is C10H15ClN4O. The van der Waals surface area contributed by atoms with Crippen molar-refractivity contribution in [1.29, 1.82) is 0 Å². The van der Waals surface area contributed by atoms with Gasteiger partial charge in [0.25, 0.3) is 5.56 Å². The monoisotopic (exact) mass is 242 g/mol. The Balaban J connectivity index is 2.34. The zero-order chi connectivity index (χ0) is 11.5. The van der Waals surface area contributed by atoms with E-state index in [0.717, 1.165) is 19.4 Å². The van der Waals surface area contributed by atoms with Crippen molar-refractivity contribution in [3.63, 3.8) is 0 Å². The molecule has 1 unspecified atom stereocenters. The molecule has 1 aliphatic rings. The maximum atomic E-state index is 11.4. The van der Waals surface area contributed by atoms with Crippen molar-refractivity contribution >= 4 is 17.3 Å². The third kappa shape index (κ3) is 2.05. The molecule has 2 rings (SSSR count). The highest BCUT2D eigenvalue weighted by atomic mass is 35.5. The number of piperidine rings is 1. The van der Waals surface area contributed by atoms with Crippen molar-refractivity contribution in [3.05, 3.63) is 21.6 Å². The van der Waals surface area contributed by atoms with Crippen LogP contribution >= 0.6 is 11.6 Å². The second kappa shape index (κ2) is 4.84. The van der Waals surface area contributed by atoms with Crippen molar-refractivity contribution in [2.75, 3.05) is 18.0 Å². The first-order valence-corrected chi connectivity index (χ1v) is 5.81. The Morgan fingerprint density at radius 2 is 2.44 bits per heavy atom. The minimum atomic E-state index is -0.347. The molecule has 1 aromatic heterocycles. The molecule has 0 aliphatic carbocycles. The summed E-state index contributed by atoms with van der Waals surface area (Å²) in [5.41, 5.74) is 6.08. The van der Waals surface area contributed by atoms with Gasteiger partial charge in [0.1, 0.15) is 5.02 Å². The van der Waals surface area contributed by atoms with Crippen LogP contribution in [-0.2, 0) is 0 Å². The summed E-state index contributed by atoms with van der Waals surface area (Å²) < 4.78 is 0. The van der Waals surface area contributed by atoms with E-state index in [-0.39, 0.29) is 16.6 Å². The largest absolute Gasteiger partial charge is 0.365 e. The molecule has 2 heterocycles. The summed E-state index contributed by atoms with van der Waals surface area (Å²) in [4.78, 5) is 13.5. The molecule has 6 heteroatoms. The molecule has 0 bridgehead atoms. The van der Waals surface area contributed by atoms with E-state index in [0.29, 0.717) is 12.2 Å². The summed E-state index contributed by atoms with van der Waals surface area (Å²) in [7, 11) is 0. The SMILES string of the molecule is NCC1CCCCN1c1cn[nH]c(=O)c1Cl. The summed E-state index contributed by atoms with van der Waals surface area (Å²) in [6, 6.07) is 0.259. The lowest BCUT2D eigenvalue weighted by atomic mass is 10.0. The van der Waals surface area contributed by atoms with E-state index in [2.05, 4.69) is 15.1 Å². The number of anilines is 1. The van der Waals surface area contributed by atoms with Gasteiger partial charge in [0, 0.05) is 19.1 Å². The molecule has 0 spiro atoms. The molecular weight excluding hydrogens is 228 g/mol. The molecule has 1 aliphatic heterocycles. The van der Waals surface area contributed by atoms with Crippen molar-refractivity contribution in [2.45, 2.75) is 25.3 Å². The fourth-order valence-electron chi connectivity index (χ4n) is 2.14. The standard InChI is InChI=1S/C10H15ClN4O/c11-9-8(6-13-14-10(9)16)15-4-2-1-3-7(15)5-12/h6-7H,1-5,12H2,(H,14,16). The van der Waals surface area contributed by atoms with Gasteiger partial charge in [0.05, 0.1) is 11.9 Å². The Morgan fingerprint density at radius 1 is 1.62 bits per heavy atom. The first kappa shape index (κ1) is 11.4. The van der Waals surface area contributed by atoms with Gasteiger partial charge >= 0.3 is 0 Å². The van der Waals surface area contributed by atoms with E-state index in [1.54, 1.807) is 6.20 Å². The van der Waals surface area contributed by atoms with E-state index >= 15 is 0 Å². The molecule has 0 aromatic carbocycles. The first-order chi connectivity index (χ1) is 7.74. The highest BCUT2D eigenvalue weighted by molar-refractivity contribution is 6.33. The summed E-state index contributed by atoms with van der Waals surface area (Å²) in [5.74, 6) is 0. The number of nitrogens with one attached hydrogen (secondary N) is 1. The summed E-state index contributed by atoms with van der Waals surface area (Å²) in [6.45, 7) is 1.45. The van der Waals surface area contributed by atoms with Crippen LogP contribution in [0.15, 0.2) is 11.0 Å². The van der Waals surface area contributed by atoms with Gasteiger partial charge in [-0.15, -0.1) is 0 Å².